The molecule has 1 unspecified atom stereocenters. The smallest absolute Gasteiger partial charge is 0.228 e. The van der Waals surface area contributed by atoms with Crippen LogP contribution in [-0.4, -0.2) is 51.7 Å². The van der Waals surface area contributed by atoms with Crippen molar-refractivity contribution in [3.05, 3.63) is 36.7 Å². The second kappa shape index (κ2) is 7.19. The van der Waals surface area contributed by atoms with Gasteiger partial charge in [-0.2, -0.15) is 5.10 Å². The summed E-state index contributed by atoms with van der Waals surface area (Å²) in [6, 6.07) is 7.75. The van der Waals surface area contributed by atoms with E-state index in [1.165, 1.54) is 0 Å². The lowest BCUT2D eigenvalue weighted by Gasteiger charge is -2.22. The topological polar surface area (TPSA) is 94.0 Å². The summed E-state index contributed by atoms with van der Waals surface area (Å²) in [5.41, 5.74) is 2.84. The Labute approximate surface area is 150 Å². The number of hydrogen-bond acceptors (Lipinski definition) is 6. The van der Waals surface area contributed by atoms with Crippen molar-refractivity contribution in [2.75, 3.05) is 25.0 Å². The first-order chi connectivity index (χ1) is 12.7. The highest BCUT2D eigenvalue weighted by Gasteiger charge is 2.17. The van der Waals surface area contributed by atoms with Crippen molar-refractivity contribution in [3.8, 4) is 11.1 Å². The number of anilines is 1. The van der Waals surface area contributed by atoms with Crippen molar-refractivity contribution in [3.63, 3.8) is 0 Å². The number of amides is 1. The van der Waals surface area contributed by atoms with Gasteiger partial charge in [0, 0.05) is 37.3 Å². The minimum Gasteiger partial charge on any atom is -0.375 e. The third kappa shape index (κ3) is 3.71. The zero-order valence-electron chi connectivity index (χ0n) is 14.5. The van der Waals surface area contributed by atoms with E-state index in [9.17, 15) is 4.79 Å². The Morgan fingerprint density at radius 1 is 1.35 bits per heavy atom. The van der Waals surface area contributed by atoms with Gasteiger partial charge in [-0.1, -0.05) is 6.07 Å². The normalized spacial score (nSPS) is 17.3. The average molecular weight is 352 g/mol. The number of benzene rings is 1. The molecule has 1 aliphatic heterocycles. The van der Waals surface area contributed by atoms with E-state index in [0.29, 0.717) is 25.4 Å². The predicted molar refractivity (Wildman–Crippen MR) is 97.6 cm³/mol. The molecule has 1 saturated heterocycles. The van der Waals surface area contributed by atoms with E-state index in [-0.39, 0.29) is 12.0 Å². The van der Waals surface area contributed by atoms with Crippen molar-refractivity contribution in [2.45, 2.75) is 12.5 Å². The second-order valence-corrected chi connectivity index (χ2v) is 6.36. The molecule has 0 aliphatic carbocycles. The van der Waals surface area contributed by atoms with Crippen molar-refractivity contribution >= 4 is 22.6 Å². The summed E-state index contributed by atoms with van der Waals surface area (Å²) in [6.45, 7) is 2.14. The van der Waals surface area contributed by atoms with Gasteiger partial charge in [-0.3, -0.25) is 9.48 Å². The van der Waals surface area contributed by atoms with Crippen LogP contribution in [0.2, 0.25) is 0 Å². The quantitative estimate of drug-likeness (QED) is 0.736. The van der Waals surface area contributed by atoms with E-state index in [1.807, 2.05) is 43.7 Å². The third-order valence-corrected chi connectivity index (χ3v) is 4.31. The maximum Gasteiger partial charge on any atom is 0.228 e. The lowest BCUT2D eigenvalue weighted by molar-refractivity contribution is -0.119. The maximum absolute atomic E-state index is 12.2. The van der Waals surface area contributed by atoms with E-state index < -0.39 is 0 Å². The van der Waals surface area contributed by atoms with Crippen molar-refractivity contribution < 1.29 is 9.53 Å². The summed E-state index contributed by atoms with van der Waals surface area (Å²) in [4.78, 5) is 12.2. The van der Waals surface area contributed by atoms with Crippen LogP contribution in [0.15, 0.2) is 36.7 Å². The van der Waals surface area contributed by atoms with Crippen LogP contribution in [0, 0.1) is 0 Å². The fourth-order valence-electron chi connectivity index (χ4n) is 3.01. The third-order valence-electron chi connectivity index (χ3n) is 4.31. The number of ether oxygens (including phenoxy) is 1. The summed E-state index contributed by atoms with van der Waals surface area (Å²) < 4.78 is 7.32. The SMILES string of the molecule is Cn1cc(-c2ccc3nnc(NC(=O)CC4CNCCO4)cc3c2)cn1. The maximum atomic E-state index is 12.2. The summed E-state index contributed by atoms with van der Waals surface area (Å²) >= 11 is 0. The van der Waals surface area contributed by atoms with Crippen LogP contribution in [0.25, 0.3) is 22.0 Å². The highest BCUT2D eigenvalue weighted by Crippen LogP contribution is 2.24. The number of carbonyl (C=O) groups is 1. The number of aromatic nitrogens is 4. The number of fused-ring (bicyclic) bond motifs is 1. The number of carbonyl (C=O) groups excluding carboxylic acids is 1. The highest BCUT2D eigenvalue weighted by molar-refractivity contribution is 5.92. The van der Waals surface area contributed by atoms with E-state index in [0.717, 1.165) is 28.6 Å². The zero-order chi connectivity index (χ0) is 17.9. The van der Waals surface area contributed by atoms with Crippen LogP contribution in [0.4, 0.5) is 5.82 Å². The number of aryl methyl sites for hydroxylation is 1. The summed E-state index contributed by atoms with van der Waals surface area (Å²) in [6.07, 6.45) is 3.96. The van der Waals surface area contributed by atoms with Gasteiger partial charge in [0.05, 0.1) is 30.8 Å². The molecule has 26 heavy (non-hydrogen) atoms. The molecule has 0 saturated carbocycles. The van der Waals surface area contributed by atoms with Crippen LogP contribution >= 0.6 is 0 Å². The van der Waals surface area contributed by atoms with Crippen molar-refractivity contribution in [1.82, 2.24) is 25.3 Å². The molecule has 0 radical (unpaired) electrons. The molecule has 8 nitrogen and oxygen atoms in total. The van der Waals surface area contributed by atoms with Gasteiger partial charge >= 0.3 is 0 Å². The molecule has 134 valence electrons. The van der Waals surface area contributed by atoms with Crippen LogP contribution in [-0.2, 0) is 16.6 Å². The predicted octanol–water partition coefficient (Wildman–Crippen LogP) is 1.35. The second-order valence-electron chi connectivity index (χ2n) is 6.36. The van der Waals surface area contributed by atoms with Gasteiger partial charge in [0.1, 0.15) is 0 Å². The number of nitrogens with zero attached hydrogens (tertiary/aromatic N) is 4. The van der Waals surface area contributed by atoms with Crippen LogP contribution in [0.5, 0.6) is 0 Å². The summed E-state index contributed by atoms with van der Waals surface area (Å²) in [5, 5.41) is 19.4. The fraction of sp³-hybridized carbons (Fsp3) is 0.333. The number of morpholine rings is 1. The summed E-state index contributed by atoms with van der Waals surface area (Å²) in [5.74, 6) is 0.311. The standard InChI is InChI=1S/C18H20N6O2/c1-24-11-14(9-20-24)12-2-3-16-13(6-12)7-17(23-22-16)21-18(25)8-15-10-19-4-5-26-15/h2-3,6-7,9,11,15,19H,4-5,8,10H2,1H3,(H,21,23,25). The van der Waals surface area contributed by atoms with Crippen molar-refractivity contribution in [2.24, 2.45) is 7.05 Å². The monoisotopic (exact) mass is 352 g/mol. The van der Waals surface area contributed by atoms with Gasteiger partial charge in [-0.15, -0.1) is 10.2 Å². The fourth-order valence-corrected chi connectivity index (χ4v) is 3.01. The molecule has 0 bridgehead atoms. The van der Waals surface area contributed by atoms with Crippen LogP contribution in [0.1, 0.15) is 6.42 Å². The number of hydrogen-bond donors (Lipinski definition) is 2. The Kier molecular flexibility index (Phi) is 4.59. The van der Waals surface area contributed by atoms with Gasteiger partial charge in [0.2, 0.25) is 5.91 Å². The summed E-state index contributed by atoms with van der Waals surface area (Å²) in [7, 11) is 1.88. The lowest BCUT2D eigenvalue weighted by Crippen LogP contribution is -2.40. The molecule has 3 heterocycles. The zero-order valence-corrected chi connectivity index (χ0v) is 14.5. The van der Waals surface area contributed by atoms with Gasteiger partial charge in [0.25, 0.3) is 0 Å². The molecule has 1 atom stereocenters. The minimum atomic E-state index is -0.129. The van der Waals surface area contributed by atoms with Gasteiger partial charge in [-0.05, 0) is 23.8 Å². The Hall–Kier alpha value is -2.84. The van der Waals surface area contributed by atoms with E-state index in [2.05, 4.69) is 25.9 Å². The Morgan fingerprint density at radius 2 is 2.27 bits per heavy atom. The largest absolute Gasteiger partial charge is 0.375 e. The molecule has 2 aromatic heterocycles. The molecular weight excluding hydrogens is 332 g/mol. The Balaban J connectivity index is 1.51. The Bertz CT molecular complexity index is 932. The molecule has 0 spiro atoms. The first-order valence-corrected chi connectivity index (χ1v) is 8.56. The van der Waals surface area contributed by atoms with Gasteiger partial charge in [-0.25, -0.2) is 0 Å². The molecule has 1 fully saturated rings. The Morgan fingerprint density at radius 3 is 3.04 bits per heavy atom. The highest BCUT2D eigenvalue weighted by atomic mass is 16.5. The lowest BCUT2D eigenvalue weighted by atomic mass is 10.1. The molecule has 1 amide bonds. The van der Waals surface area contributed by atoms with Crippen LogP contribution in [0.3, 0.4) is 0 Å². The molecule has 8 heteroatoms. The average Bonchev–Trinajstić information content (AvgIpc) is 3.08. The first-order valence-electron chi connectivity index (χ1n) is 8.56. The molecule has 3 aromatic rings. The first kappa shape index (κ1) is 16.6. The van der Waals surface area contributed by atoms with E-state index in [4.69, 9.17) is 4.74 Å². The minimum absolute atomic E-state index is 0.102. The number of rotatable bonds is 4. The van der Waals surface area contributed by atoms with Crippen molar-refractivity contribution in [1.29, 1.82) is 0 Å². The molecule has 2 N–H and O–H groups in total. The molecule has 1 aromatic carbocycles. The molecule has 4 rings (SSSR count). The van der Waals surface area contributed by atoms with Crippen LogP contribution < -0.4 is 10.6 Å². The van der Waals surface area contributed by atoms with E-state index in [1.54, 1.807) is 4.68 Å². The molecule has 1 aliphatic rings. The number of nitrogens with one attached hydrogen (secondary N) is 2. The molecular formula is C18H20N6O2. The van der Waals surface area contributed by atoms with E-state index >= 15 is 0 Å². The van der Waals surface area contributed by atoms with Gasteiger partial charge < -0.3 is 15.4 Å². The van der Waals surface area contributed by atoms with Gasteiger partial charge in [0.15, 0.2) is 5.82 Å².